The van der Waals surface area contributed by atoms with Gasteiger partial charge in [-0.2, -0.15) is 0 Å². The van der Waals surface area contributed by atoms with Crippen molar-refractivity contribution in [3.05, 3.63) is 30.0 Å². The second-order valence-electron chi connectivity index (χ2n) is 2.91. The second-order valence-corrected chi connectivity index (χ2v) is 3.76. The predicted octanol–water partition coefficient (Wildman–Crippen LogP) is 2.59. The highest BCUT2D eigenvalue weighted by Gasteiger charge is 2.08. The van der Waals surface area contributed by atoms with E-state index in [9.17, 15) is 4.79 Å². The highest BCUT2D eigenvalue weighted by atomic mass is 32.2. The molecule has 0 aliphatic rings. The normalized spacial score (nSPS) is 10.6. The number of nitrogens with one attached hydrogen (secondary N) is 1. The third-order valence-electron chi connectivity index (χ3n) is 2.07. The minimum Gasteiger partial charge on any atom is -0.477 e. The fraction of sp³-hybridized carbons (Fsp3) is 0.100. The van der Waals surface area contributed by atoms with Crippen molar-refractivity contribution in [3.8, 4) is 0 Å². The molecule has 1 heterocycles. The van der Waals surface area contributed by atoms with Crippen LogP contribution in [0.4, 0.5) is 0 Å². The van der Waals surface area contributed by atoms with Crippen LogP contribution in [0.2, 0.25) is 0 Å². The number of aromatic amines is 1. The van der Waals surface area contributed by atoms with E-state index in [1.165, 1.54) is 0 Å². The van der Waals surface area contributed by atoms with Gasteiger partial charge in [-0.3, -0.25) is 0 Å². The summed E-state index contributed by atoms with van der Waals surface area (Å²) in [5, 5.41) is 9.78. The molecule has 4 heteroatoms. The van der Waals surface area contributed by atoms with Crippen molar-refractivity contribution in [2.75, 3.05) is 6.26 Å². The Balaban J connectivity index is 2.70. The number of fused-ring (bicyclic) bond motifs is 1. The summed E-state index contributed by atoms with van der Waals surface area (Å²) in [7, 11) is 0. The van der Waals surface area contributed by atoms with E-state index >= 15 is 0 Å². The summed E-state index contributed by atoms with van der Waals surface area (Å²) in [5.74, 6) is -0.923. The van der Waals surface area contributed by atoms with Gasteiger partial charge in [0.2, 0.25) is 0 Å². The van der Waals surface area contributed by atoms with Gasteiger partial charge in [-0.25, -0.2) is 4.79 Å². The lowest BCUT2D eigenvalue weighted by molar-refractivity contribution is 0.0691. The van der Waals surface area contributed by atoms with Crippen molar-refractivity contribution in [1.82, 2.24) is 4.98 Å². The van der Waals surface area contributed by atoms with E-state index in [0.717, 1.165) is 15.8 Å². The summed E-state index contributed by atoms with van der Waals surface area (Å²) in [5.41, 5.74) is 1.11. The zero-order valence-corrected chi connectivity index (χ0v) is 8.39. The lowest BCUT2D eigenvalue weighted by atomic mass is 10.2. The zero-order valence-electron chi connectivity index (χ0n) is 7.57. The molecule has 3 nitrogen and oxygen atoms in total. The van der Waals surface area contributed by atoms with Crippen LogP contribution in [-0.2, 0) is 0 Å². The topological polar surface area (TPSA) is 53.1 Å². The molecular formula is C10H9NO2S. The molecule has 14 heavy (non-hydrogen) atoms. The molecule has 0 aliphatic carbocycles. The number of benzene rings is 1. The van der Waals surface area contributed by atoms with Crippen LogP contribution in [0, 0.1) is 0 Å². The molecule has 1 aromatic heterocycles. The van der Waals surface area contributed by atoms with Crippen LogP contribution in [0.1, 0.15) is 10.5 Å². The minimum atomic E-state index is -0.923. The van der Waals surface area contributed by atoms with Crippen LogP contribution < -0.4 is 0 Å². The maximum Gasteiger partial charge on any atom is 0.352 e. The highest BCUT2D eigenvalue weighted by molar-refractivity contribution is 7.98. The average Bonchev–Trinajstić information content (AvgIpc) is 2.60. The predicted molar refractivity (Wildman–Crippen MR) is 57.0 cm³/mol. The molecule has 0 amide bonds. The number of carboxylic acid groups (broad SMARTS) is 1. The molecule has 0 fully saturated rings. The molecule has 0 saturated carbocycles. The first kappa shape index (κ1) is 9.15. The zero-order chi connectivity index (χ0) is 10.1. The Kier molecular flexibility index (Phi) is 2.21. The highest BCUT2D eigenvalue weighted by Crippen LogP contribution is 2.26. The number of aromatic nitrogens is 1. The maximum atomic E-state index is 10.7. The molecule has 0 aliphatic heterocycles. The Morgan fingerprint density at radius 2 is 2.29 bits per heavy atom. The summed E-state index contributed by atoms with van der Waals surface area (Å²) in [4.78, 5) is 14.7. The van der Waals surface area contributed by atoms with E-state index in [4.69, 9.17) is 5.11 Å². The fourth-order valence-corrected chi connectivity index (χ4v) is 2.02. The molecule has 0 bridgehead atoms. The molecule has 0 atom stereocenters. The molecule has 0 radical (unpaired) electrons. The molecule has 2 N–H and O–H groups in total. The molecular weight excluding hydrogens is 198 g/mol. The van der Waals surface area contributed by atoms with Crippen molar-refractivity contribution in [2.45, 2.75) is 4.90 Å². The lowest BCUT2D eigenvalue weighted by Gasteiger charge is -1.96. The van der Waals surface area contributed by atoms with Gasteiger partial charge in [0, 0.05) is 15.8 Å². The summed E-state index contributed by atoms with van der Waals surface area (Å²) < 4.78 is 0. The van der Waals surface area contributed by atoms with Crippen LogP contribution in [0.25, 0.3) is 10.9 Å². The summed E-state index contributed by atoms with van der Waals surface area (Å²) >= 11 is 1.61. The largest absolute Gasteiger partial charge is 0.477 e. The number of hydrogen-bond donors (Lipinski definition) is 2. The van der Waals surface area contributed by atoms with E-state index in [2.05, 4.69) is 4.98 Å². The third-order valence-corrected chi connectivity index (χ3v) is 2.87. The first-order valence-corrected chi connectivity index (χ1v) is 5.34. The van der Waals surface area contributed by atoms with Crippen LogP contribution in [0.3, 0.4) is 0 Å². The third kappa shape index (κ3) is 1.37. The van der Waals surface area contributed by atoms with E-state index in [1.807, 2.05) is 24.5 Å². The van der Waals surface area contributed by atoms with E-state index in [-0.39, 0.29) is 5.69 Å². The average molecular weight is 207 g/mol. The number of thioether (sulfide) groups is 1. The van der Waals surface area contributed by atoms with E-state index in [0.29, 0.717) is 0 Å². The van der Waals surface area contributed by atoms with Gasteiger partial charge in [0.1, 0.15) is 5.69 Å². The second kappa shape index (κ2) is 3.38. The van der Waals surface area contributed by atoms with E-state index < -0.39 is 5.97 Å². The number of carbonyl (C=O) groups is 1. The molecule has 1 aromatic carbocycles. The SMILES string of the molecule is CSc1cccc2[nH]c(C(=O)O)cc12. The molecule has 0 spiro atoms. The van der Waals surface area contributed by atoms with Crippen LogP contribution in [0.5, 0.6) is 0 Å². The molecule has 72 valence electrons. The van der Waals surface area contributed by atoms with Crippen LogP contribution >= 0.6 is 11.8 Å². The minimum absolute atomic E-state index is 0.238. The summed E-state index contributed by atoms with van der Waals surface area (Å²) in [6, 6.07) is 7.44. The number of H-pyrrole nitrogens is 1. The quantitative estimate of drug-likeness (QED) is 0.744. The monoisotopic (exact) mass is 207 g/mol. The standard InChI is InChI=1S/C10H9NO2S/c1-14-9-4-2-3-7-6(9)5-8(11-7)10(12)13/h2-5,11H,1H3,(H,12,13). The van der Waals surface area contributed by atoms with Crippen LogP contribution in [0.15, 0.2) is 29.2 Å². The number of carboxylic acids is 1. The fourth-order valence-electron chi connectivity index (χ4n) is 1.42. The molecule has 2 rings (SSSR count). The van der Waals surface area contributed by atoms with Crippen molar-refractivity contribution < 1.29 is 9.90 Å². The van der Waals surface area contributed by atoms with Gasteiger partial charge in [0.15, 0.2) is 0 Å². The number of rotatable bonds is 2. The van der Waals surface area contributed by atoms with Gasteiger partial charge in [-0.05, 0) is 24.5 Å². The van der Waals surface area contributed by atoms with Gasteiger partial charge in [0.05, 0.1) is 0 Å². The lowest BCUT2D eigenvalue weighted by Crippen LogP contribution is -1.94. The van der Waals surface area contributed by atoms with Crippen molar-refractivity contribution >= 4 is 28.6 Å². The van der Waals surface area contributed by atoms with Crippen molar-refractivity contribution in [1.29, 1.82) is 0 Å². The van der Waals surface area contributed by atoms with E-state index in [1.54, 1.807) is 17.8 Å². The Bertz CT molecular complexity index is 490. The summed E-state index contributed by atoms with van der Waals surface area (Å²) in [6.45, 7) is 0. The molecule has 0 saturated heterocycles. The summed E-state index contributed by atoms with van der Waals surface area (Å²) in [6.07, 6.45) is 1.97. The molecule has 0 unspecified atom stereocenters. The van der Waals surface area contributed by atoms with Gasteiger partial charge < -0.3 is 10.1 Å². The Hall–Kier alpha value is -1.42. The first-order chi connectivity index (χ1) is 6.72. The smallest absolute Gasteiger partial charge is 0.352 e. The maximum absolute atomic E-state index is 10.7. The van der Waals surface area contributed by atoms with Gasteiger partial charge in [0.25, 0.3) is 0 Å². The first-order valence-electron chi connectivity index (χ1n) is 4.11. The Morgan fingerprint density at radius 1 is 1.50 bits per heavy atom. The Labute approximate surface area is 85.1 Å². The molecule has 2 aromatic rings. The Morgan fingerprint density at radius 3 is 2.93 bits per heavy atom. The van der Waals surface area contributed by atoms with Gasteiger partial charge in [-0.15, -0.1) is 11.8 Å². The van der Waals surface area contributed by atoms with Crippen molar-refractivity contribution in [3.63, 3.8) is 0 Å². The van der Waals surface area contributed by atoms with Crippen LogP contribution in [-0.4, -0.2) is 22.3 Å². The van der Waals surface area contributed by atoms with Gasteiger partial charge >= 0.3 is 5.97 Å². The van der Waals surface area contributed by atoms with Crippen molar-refractivity contribution in [2.24, 2.45) is 0 Å². The van der Waals surface area contributed by atoms with Gasteiger partial charge in [-0.1, -0.05) is 6.07 Å². The number of hydrogen-bond acceptors (Lipinski definition) is 2. The number of aromatic carboxylic acids is 1.